The van der Waals surface area contributed by atoms with Crippen LogP contribution in [-0.2, 0) is 6.42 Å². The van der Waals surface area contributed by atoms with Crippen LogP contribution in [-0.4, -0.2) is 13.7 Å². The molecule has 0 radical (unpaired) electrons. The van der Waals surface area contributed by atoms with Gasteiger partial charge in [0.05, 0.1) is 7.11 Å². The van der Waals surface area contributed by atoms with Gasteiger partial charge in [-0.1, -0.05) is 12.1 Å². The molecule has 1 aromatic heterocycles. The minimum atomic E-state index is 0.752. The van der Waals surface area contributed by atoms with Gasteiger partial charge < -0.3 is 10.5 Å². The van der Waals surface area contributed by atoms with Gasteiger partial charge in [0, 0.05) is 15.3 Å². The van der Waals surface area contributed by atoms with Crippen molar-refractivity contribution in [3.05, 3.63) is 41.3 Å². The second-order valence-corrected chi connectivity index (χ2v) is 5.03. The Morgan fingerprint density at radius 3 is 2.76 bits per heavy atom. The number of rotatable bonds is 5. The highest BCUT2D eigenvalue weighted by atomic mass is 32.1. The van der Waals surface area contributed by atoms with Gasteiger partial charge in [-0.2, -0.15) is 0 Å². The lowest BCUT2D eigenvalue weighted by Crippen LogP contribution is -1.99. The lowest BCUT2D eigenvalue weighted by Gasteiger charge is -2.05. The number of hydrogen-bond donors (Lipinski definition) is 1. The highest BCUT2D eigenvalue weighted by Gasteiger charge is 2.07. The Balaban J connectivity index is 2.24. The van der Waals surface area contributed by atoms with Crippen LogP contribution in [0.1, 0.15) is 11.3 Å². The molecule has 0 aliphatic rings. The average Bonchev–Trinajstić information content (AvgIpc) is 2.85. The zero-order valence-corrected chi connectivity index (χ0v) is 10.8. The molecule has 2 N–H and O–H groups in total. The first-order chi connectivity index (χ1) is 8.35. The second-order valence-electron chi connectivity index (χ2n) is 3.86. The number of benzene rings is 1. The number of thiophene rings is 1. The van der Waals surface area contributed by atoms with Gasteiger partial charge in [0.1, 0.15) is 5.75 Å². The summed E-state index contributed by atoms with van der Waals surface area (Å²) in [4.78, 5) is 2.64. The van der Waals surface area contributed by atoms with E-state index in [0.29, 0.717) is 0 Å². The highest BCUT2D eigenvalue weighted by molar-refractivity contribution is 7.15. The molecule has 0 unspecified atom stereocenters. The first kappa shape index (κ1) is 12.1. The quantitative estimate of drug-likeness (QED) is 0.879. The summed E-state index contributed by atoms with van der Waals surface area (Å²) in [6.07, 6.45) is 2.11. The molecule has 2 aromatic rings. The van der Waals surface area contributed by atoms with Crippen molar-refractivity contribution in [2.24, 2.45) is 5.73 Å². The second kappa shape index (κ2) is 5.84. The third kappa shape index (κ3) is 2.87. The number of nitrogens with two attached hydrogens (primary N) is 1. The molecule has 90 valence electrons. The number of methoxy groups -OCH3 is 1. The molecule has 0 fully saturated rings. The van der Waals surface area contributed by atoms with Crippen molar-refractivity contribution in [3.8, 4) is 16.2 Å². The predicted molar refractivity (Wildman–Crippen MR) is 73.7 cm³/mol. The maximum Gasteiger partial charge on any atom is 0.127 e. The Bertz CT molecular complexity index is 479. The van der Waals surface area contributed by atoms with E-state index in [2.05, 4.69) is 18.2 Å². The van der Waals surface area contributed by atoms with Gasteiger partial charge in [-0.05, 0) is 43.7 Å². The number of para-hydroxylation sites is 1. The van der Waals surface area contributed by atoms with Gasteiger partial charge >= 0.3 is 0 Å². The number of ether oxygens (including phenoxy) is 1. The van der Waals surface area contributed by atoms with Gasteiger partial charge in [0.25, 0.3) is 0 Å². The summed E-state index contributed by atoms with van der Waals surface area (Å²) in [7, 11) is 1.71. The SMILES string of the molecule is COc1ccccc1-c1ccc(CCCN)s1. The van der Waals surface area contributed by atoms with E-state index in [1.54, 1.807) is 7.11 Å². The molecule has 0 saturated heterocycles. The zero-order chi connectivity index (χ0) is 12.1. The van der Waals surface area contributed by atoms with Gasteiger partial charge in [-0.3, -0.25) is 0 Å². The smallest absolute Gasteiger partial charge is 0.127 e. The predicted octanol–water partition coefficient (Wildman–Crippen LogP) is 3.32. The number of hydrogen-bond acceptors (Lipinski definition) is 3. The molecule has 0 bridgehead atoms. The van der Waals surface area contributed by atoms with Crippen molar-refractivity contribution in [1.29, 1.82) is 0 Å². The molecule has 0 aliphatic heterocycles. The molecule has 0 spiro atoms. The van der Waals surface area contributed by atoms with Crippen LogP contribution < -0.4 is 10.5 Å². The van der Waals surface area contributed by atoms with Crippen molar-refractivity contribution in [3.63, 3.8) is 0 Å². The number of aryl methyl sites for hydroxylation is 1. The molecular weight excluding hydrogens is 230 g/mol. The molecule has 0 saturated carbocycles. The van der Waals surface area contributed by atoms with Crippen LogP contribution in [0.4, 0.5) is 0 Å². The molecule has 1 aromatic carbocycles. The monoisotopic (exact) mass is 247 g/mol. The molecule has 2 rings (SSSR count). The first-order valence-corrected chi connectivity index (χ1v) is 6.59. The van der Waals surface area contributed by atoms with Crippen molar-refractivity contribution >= 4 is 11.3 Å². The topological polar surface area (TPSA) is 35.2 Å². The maximum absolute atomic E-state index is 5.52. The summed E-state index contributed by atoms with van der Waals surface area (Å²) in [5.41, 5.74) is 6.69. The molecule has 0 aliphatic carbocycles. The van der Waals surface area contributed by atoms with E-state index in [0.717, 1.165) is 25.1 Å². The van der Waals surface area contributed by atoms with Gasteiger partial charge in [-0.15, -0.1) is 11.3 Å². The summed E-state index contributed by atoms with van der Waals surface area (Å²) in [5.74, 6) is 0.930. The molecule has 1 heterocycles. The lowest BCUT2D eigenvalue weighted by atomic mass is 10.1. The van der Waals surface area contributed by atoms with Crippen LogP contribution in [0.3, 0.4) is 0 Å². The Kier molecular flexibility index (Phi) is 4.18. The standard InChI is InChI=1S/C14H17NOS/c1-16-13-7-3-2-6-12(13)14-9-8-11(17-14)5-4-10-15/h2-3,6-9H,4-5,10,15H2,1H3. The summed E-state index contributed by atoms with van der Waals surface area (Å²) in [5, 5.41) is 0. The van der Waals surface area contributed by atoms with E-state index in [-0.39, 0.29) is 0 Å². The van der Waals surface area contributed by atoms with Crippen molar-refractivity contribution in [2.45, 2.75) is 12.8 Å². The fourth-order valence-corrected chi connectivity index (χ4v) is 2.86. The summed E-state index contributed by atoms with van der Waals surface area (Å²) < 4.78 is 5.38. The fraction of sp³-hybridized carbons (Fsp3) is 0.286. The van der Waals surface area contributed by atoms with E-state index >= 15 is 0 Å². The Labute approximate surface area is 106 Å². The lowest BCUT2D eigenvalue weighted by molar-refractivity contribution is 0.416. The van der Waals surface area contributed by atoms with Gasteiger partial charge in [0.15, 0.2) is 0 Å². The van der Waals surface area contributed by atoms with Crippen molar-refractivity contribution < 1.29 is 4.74 Å². The van der Waals surface area contributed by atoms with Crippen LogP contribution in [0.25, 0.3) is 10.4 Å². The molecule has 2 nitrogen and oxygen atoms in total. The minimum absolute atomic E-state index is 0.752. The maximum atomic E-state index is 5.52. The van der Waals surface area contributed by atoms with Gasteiger partial charge in [-0.25, -0.2) is 0 Å². The van der Waals surface area contributed by atoms with Crippen LogP contribution in [0.15, 0.2) is 36.4 Å². The third-order valence-corrected chi connectivity index (χ3v) is 3.84. The van der Waals surface area contributed by atoms with Crippen LogP contribution >= 0.6 is 11.3 Å². The highest BCUT2D eigenvalue weighted by Crippen LogP contribution is 2.34. The summed E-state index contributed by atoms with van der Waals surface area (Å²) >= 11 is 1.82. The normalized spacial score (nSPS) is 10.5. The summed E-state index contributed by atoms with van der Waals surface area (Å²) in [6, 6.07) is 12.5. The van der Waals surface area contributed by atoms with Crippen LogP contribution in [0, 0.1) is 0 Å². The zero-order valence-electron chi connectivity index (χ0n) is 9.98. The van der Waals surface area contributed by atoms with E-state index in [9.17, 15) is 0 Å². The van der Waals surface area contributed by atoms with Crippen molar-refractivity contribution in [2.75, 3.05) is 13.7 Å². The fourth-order valence-electron chi connectivity index (χ4n) is 1.78. The molecule has 0 amide bonds. The Hall–Kier alpha value is -1.32. The molecule has 0 atom stereocenters. The third-order valence-electron chi connectivity index (χ3n) is 2.66. The van der Waals surface area contributed by atoms with Gasteiger partial charge in [0.2, 0.25) is 0 Å². The average molecular weight is 247 g/mol. The Morgan fingerprint density at radius 2 is 2.00 bits per heavy atom. The van der Waals surface area contributed by atoms with Crippen LogP contribution in [0.2, 0.25) is 0 Å². The van der Waals surface area contributed by atoms with Crippen molar-refractivity contribution in [1.82, 2.24) is 0 Å². The van der Waals surface area contributed by atoms with E-state index in [4.69, 9.17) is 10.5 Å². The Morgan fingerprint density at radius 1 is 1.18 bits per heavy atom. The minimum Gasteiger partial charge on any atom is -0.496 e. The van der Waals surface area contributed by atoms with E-state index in [1.807, 2.05) is 29.5 Å². The summed E-state index contributed by atoms with van der Waals surface area (Å²) in [6.45, 7) is 0.752. The molecule has 17 heavy (non-hydrogen) atoms. The van der Waals surface area contributed by atoms with E-state index in [1.165, 1.54) is 15.3 Å². The largest absolute Gasteiger partial charge is 0.496 e. The van der Waals surface area contributed by atoms with E-state index < -0.39 is 0 Å². The molecular formula is C14H17NOS. The molecule has 3 heteroatoms. The van der Waals surface area contributed by atoms with Crippen LogP contribution in [0.5, 0.6) is 5.75 Å². The first-order valence-electron chi connectivity index (χ1n) is 5.77.